The van der Waals surface area contributed by atoms with Crippen molar-refractivity contribution < 1.29 is 27.2 Å². The van der Waals surface area contributed by atoms with Gasteiger partial charge in [0.2, 0.25) is 5.91 Å². The maximum Gasteiger partial charge on any atom is 0.395 e. The number of benzene rings is 1. The van der Waals surface area contributed by atoms with Gasteiger partial charge in [0.15, 0.2) is 11.6 Å². The first-order valence-electron chi connectivity index (χ1n) is 11.8. The molecule has 37 heavy (non-hydrogen) atoms. The van der Waals surface area contributed by atoms with Gasteiger partial charge in [0, 0.05) is 43.7 Å². The third kappa shape index (κ3) is 6.59. The smallest absolute Gasteiger partial charge is 0.354 e. The summed E-state index contributed by atoms with van der Waals surface area (Å²) in [5.41, 5.74) is -1.69. The van der Waals surface area contributed by atoms with E-state index in [1.807, 2.05) is 0 Å². The van der Waals surface area contributed by atoms with E-state index < -0.39 is 35.7 Å². The predicted molar refractivity (Wildman–Crippen MR) is 132 cm³/mol. The number of rotatable bonds is 11. The van der Waals surface area contributed by atoms with E-state index in [2.05, 4.69) is 15.3 Å². The van der Waals surface area contributed by atoms with Gasteiger partial charge in [-0.2, -0.15) is 13.2 Å². The molecule has 12 heteroatoms. The molecule has 0 spiro atoms. The van der Waals surface area contributed by atoms with Gasteiger partial charge in [-0.05, 0) is 45.0 Å². The zero-order valence-corrected chi connectivity index (χ0v) is 22.1. The average Bonchev–Trinajstić information content (AvgIpc) is 3.65. The zero-order valence-electron chi connectivity index (χ0n) is 20.6. The van der Waals surface area contributed by atoms with E-state index in [1.165, 1.54) is 18.5 Å². The van der Waals surface area contributed by atoms with Gasteiger partial charge in [0.25, 0.3) is 0 Å². The van der Waals surface area contributed by atoms with Crippen LogP contribution in [0.5, 0.6) is 0 Å². The molecule has 0 aliphatic heterocycles. The number of nitrogens with one attached hydrogen (secondary N) is 1. The van der Waals surface area contributed by atoms with Crippen LogP contribution in [0.1, 0.15) is 60.3 Å². The molecule has 1 aliphatic rings. The molecule has 1 heterocycles. The van der Waals surface area contributed by atoms with Gasteiger partial charge in [-0.15, -0.1) is 0 Å². The molecule has 202 valence electrons. The topological polar surface area (TPSA) is 75.2 Å². The van der Waals surface area contributed by atoms with Crippen LogP contribution in [0.15, 0.2) is 24.5 Å². The molecule has 1 saturated carbocycles. The molecule has 2 atom stereocenters. The molecule has 1 aliphatic carbocycles. The summed E-state index contributed by atoms with van der Waals surface area (Å²) in [6.45, 7) is 1.70. The average molecular weight is 563 g/mol. The van der Waals surface area contributed by atoms with Gasteiger partial charge < -0.3 is 10.2 Å². The fourth-order valence-electron chi connectivity index (χ4n) is 4.33. The Bertz CT molecular complexity index is 1140. The molecule has 1 amide bonds. The number of hydrogen-bond acceptors (Lipinski definition) is 5. The van der Waals surface area contributed by atoms with E-state index in [4.69, 9.17) is 23.2 Å². The Labute approximate surface area is 222 Å². The van der Waals surface area contributed by atoms with E-state index in [0.29, 0.717) is 5.56 Å². The van der Waals surface area contributed by atoms with Crippen molar-refractivity contribution in [2.75, 3.05) is 20.6 Å². The van der Waals surface area contributed by atoms with Crippen LogP contribution in [0.3, 0.4) is 0 Å². The molecular weight excluding hydrogens is 535 g/mol. The quantitative estimate of drug-likeness (QED) is 0.284. The second kappa shape index (κ2) is 11.6. The minimum absolute atomic E-state index is 0.0760. The lowest BCUT2D eigenvalue weighted by molar-refractivity contribution is -0.195. The normalized spacial score (nSPS) is 16.4. The van der Waals surface area contributed by atoms with Gasteiger partial charge in [-0.25, -0.2) is 14.4 Å². The van der Waals surface area contributed by atoms with Crippen LogP contribution in [0.2, 0.25) is 10.0 Å². The highest BCUT2D eigenvalue weighted by molar-refractivity contribution is 6.32. The molecule has 1 aromatic heterocycles. The standard InChI is InChI=1S/C25H28Cl2F4N4O2/c1-4-19(36)17-6-5-14(21(27)22(17)28)9-16(35(2)3)13-32-20(37)10-18(23-33-11-15(26)12-34-23)24(7-8-24)25(29,30)31/h5-6,11-12,16,18H,4,7-10,13H2,1-3H3,(H,32,37)/t16-,18?/m0/s1. The van der Waals surface area contributed by atoms with Crippen molar-refractivity contribution in [2.24, 2.45) is 5.41 Å². The zero-order chi connectivity index (χ0) is 27.5. The molecular formula is C25H28Cl2F4N4O2. The lowest BCUT2D eigenvalue weighted by Crippen LogP contribution is -2.43. The molecule has 3 rings (SSSR count). The van der Waals surface area contributed by atoms with E-state index in [-0.39, 0.29) is 65.5 Å². The van der Waals surface area contributed by atoms with Crippen molar-refractivity contribution in [2.45, 2.75) is 57.2 Å². The molecule has 1 N–H and O–H groups in total. The summed E-state index contributed by atoms with van der Waals surface area (Å²) in [6, 6.07) is 2.61. The molecule has 0 radical (unpaired) electrons. The van der Waals surface area contributed by atoms with E-state index in [1.54, 1.807) is 32.0 Å². The number of carbonyl (C=O) groups excluding carboxylic acids is 2. The lowest BCUT2D eigenvalue weighted by atomic mass is 9.84. The molecule has 1 unspecified atom stereocenters. The molecule has 2 aromatic rings. The van der Waals surface area contributed by atoms with Crippen molar-refractivity contribution in [3.8, 4) is 0 Å². The highest BCUT2D eigenvalue weighted by Crippen LogP contribution is 2.65. The van der Waals surface area contributed by atoms with Gasteiger partial charge in [-0.3, -0.25) is 9.59 Å². The van der Waals surface area contributed by atoms with Gasteiger partial charge in [0.05, 0.1) is 21.0 Å². The van der Waals surface area contributed by atoms with Crippen molar-refractivity contribution in [1.82, 2.24) is 20.2 Å². The SMILES string of the molecule is CCC(=O)c1ccc(C[C@@H](CNC(=O)CC(c2ncc(Cl)cn2)C2(C(F)(F)F)CC2)N(C)C)c(Cl)c1F. The van der Waals surface area contributed by atoms with Gasteiger partial charge >= 0.3 is 6.18 Å². The fourth-order valence-corrected chi connectivity index (χ4v) is 4.67. The minimum atomic E-state index is -4.51. The number of carbonyl (C=O) groups is 2. The Balaban J connectivity index is 1.73. The second-order valence-electron chi connectivity index (χ2n) is 9.47. The van der Waals surface area contributed by atoms with Crippen molar-refractivity contribution in [1.29, 1.82) is 0 Å². The summed E-state index contributed by atoms with van der Waals surface area (Å²) in [4.78, 5) is 34.5. The first kappa shape index (κ1) is 29.3. The summed E-state index contributed by atoms with van der Waals surface area (Å²) in [7, 11) is 3.51. The largest absolute Gasteiger partial charge is 0.395 e. The number of amides is 1. The van der Waals surface area contributed by atoms with Crippen molar-refractivity contribution in [3.05, 3.63) is 57.3 Å². The van der Waals surface area contributed by atoms with Crippen LogP contribution >= 0.6 is 23.2 Å². The van der Waals surface area contributed by atoms with E-state index in [0.717, 1.165) is 0 Å². The third-order valence-electron chi connectivity index (χ3n) is 6.87. The second-order valence-corrected chi connectivity index (χ2v) is 10.3. The molecule has 6 nitrogen and oxygen atoms in total. The summed E-state index contributed by atoms with van der Waals surface area (Å²) >= 11 is 12.0. The van der Waals surface area contributed by atoms with E-state index >= 15 is 0 Å². The third-order valence-corrected chi connectivity index (χ3v) is 7.47. The number of aromatic nitrogens is 2. The maximum atomic E-state index is 14.7. The number of halogens is 6. The Morgan fingerprint density at radius 2 is 1.78 bits per heavy atom. The van der Waals surface area contributed by atoms with Crippen LogP contribution in [0.25, 0.3) is 0 Å². The van der Waals surface area contributed by atoms with E-state index in [9.17, 15) is 27.2 Å². The van der Waals surface area contributed by atoms with Crippen LogP contribution in [-0.2, 0) is 11.2 Å². The monoisotopic (exact) mass is 562 g/mol. The highest BCUT2D eigenvalue weighted by Gasteiger charge is 2.68. The van der Waals surface area contributed by atoms with Crippen LogP contribution < -0.4 is 5.32 Å². The van der Waals surface area contributed by atoms with Crippen LogP contribution in [-0.4, -0.2) is 59.4 Å². The number of Topliss-reactive ketones (excluding diaryl/α,β-unsaturated/α-hetero) is 1. The number of likely N-dealkylation sites (N-methyl/N-ethyl adjacent to an activating group) is 1. The molecule has 1 aromatic carbocycles. The summed E-state index contributed by atoms with van der Waals surface area (Å²) in [5.74, 6) is -3.08. The molecule has 1 fully saturated rings. The predicted octanol–water partition coefficient (Wildman–Crippen LogP) is 5.62. The fraction of sp³-hybridized carbons (Fsp3) is 0.520. The van der Waals surface area contributed by atoms with Crippen LogP contribution in [0, 0.1) is 11.2 Å². The number of hydrogen-bond donors (Lipinski definition) is 1. The Hall–Kier alpha value is -2.30. The lowest BCUT2D eigenvalue weighted by Gasteiger charge is -2.29. The van der Waals surface area contributed by atoms with Crippen LogP contribution in [0.4, 0.5) is 17.6 Å². The first-order valence-corrected chi connectivity index (χ1v) is 12.5. The first-order chi connectivity index (χ1) is 17.3. The van der Waals surface area contributed by atoms with Crippen molar-refractivity contribution >= 4 is 34.9 Å². The summed E-state index contributed by atoms with van der Waals surface area (Å²) in [5, 5.41) is 2.71. The minimum Gasteiger partial charge on any atom is -0.354 e. The Morgan fingerprint density at radius 1 is 1.16 bits per heavy atom. The number of ketones is 1. The van der Waals surface area contributed by atoms with Gasteiger partial charge in [0.1, 0.15) is 5.82 Å². The highest BCUT2D eigenvalue weighted by atomic mass is 35.5. The Morgan fingerprint density at radius 3 is 2.30 bits per heavy atom. The molecule has 0 bridgehead atoms. The van der Waals surface area contributed by atoms with Crippen molar-refractivity contribution in [3.63, 3.8) is 0 Å². The molecule has 0 saturated heterocycles. The Kier molecular flexibility index (Phi) is 9.18. The maximum absolute atomic E-state index is 14.7. The van der Waals surface area contributed by atoms with Gasteiger partial charge in [-0.1, -0.05) is 36.2 Å². The number of alkyl halides is 3. The summed E-state index contributed by atoms with van der Waals surface area (Å²) in [6.07, 6.45) is -2.39. The summed E-state index contributed by atoms with van der Waals surface area (Å²) < 4.78 is 56.4. The number of nitrogens with zero attached hydrogens (tertiary/aromatic N) is 3.